The van der Waals surface area contributed by atoms with E-state index in [1.165, 1.54) is 11.1 Å². The van der Waals surface area contributed by atoms with Crippen LogP contribution in [0.15, 0.2) is 84.1 Å². The maximum Gasteiger partial charge on any atom is 0.163 e. The topological polar surface area (TPSA) is 41.1 Å². The van der Waals surface area contributed by atoms with Crippen molar-refractivity contribution in [1.29, 1.82) is 0 Å². The molecule has 1 aliphatic heterocycles. The van der Waals surface area contributed by atoms with Crippen LogP contribution >= 0.6 is 11.6 Å². The third-order valence-corrected chi connectivity index (χ3v) is 6.42. The van der Waals surface area contributed by atoms with Gasteiger partial charge in [0.25, 0.3) is 0 Å². The summed E-state index contributed by atoms with van der Waals surface area (Å²) >= 11 is 6.56. The van der Waals surface area contributed by atoms with Crippen molar-refractivity contribution in [2.75, 3.05) is 10.6 Å². The normalized spacial score (nSPS) is 20.5. The molecule has 0 saturated carbocycles. The fourth-order valence-electron chi connectivity index (χ4n) is 4.51. The number of aryl methyl sites for hydroxylation is 1. The smallest absolute Gasteiger partial charge is 0.163 e. The van der Waals surface area contributed by atoms with Crippen molar-refractivity contribution in [3.63, 3.8) is 0 Å². The summed E-state index contributed by atoms with van der Waals surface area (Å²) in [5, 5.41) is 7.82. The van der Waals surface area contributed by atoms with Crippen molar-refractivity contribution < 1.29 is 4.79 Å². The first-order chi connectivity index (χ1) is 14.6. The lowest BCUT2D eigenvalue weighted by atomic mass is 9.78. The molecule has 3 nitrogen and oxygen atoms in total. The van der Waals surface area contributed by atoms with Gasteiger partial charge in [-0.25, -0.2) is 0 Å². The molecule has 5 rings (SSSR count). The fourth-order valence-corrected chi connectivity index (χ4v) is 4.75. The number of Topliss-reactive ketones (excluding diaryl/α,β-unsaturated/α-hetero) is 1. The predicted octanol–water partition coefficient (Wildman–Crippen LogP) is 6.63. The highest BCUT2D eigenvalue weighted by atomic mass is 35.5. The van der Waals surface area contributed by atoms with Crippen molar-refractivity contribution in [3.05, 3.63) is 106 Å². The number of halogens is 1. The maximum atomic E-state index is 13.5. The molecule has 1 heterocycles. The molecule has 0 fully saturated rings. The number of allylic oxidation sites excluding steroid dienone is 1. The van der Waals surface area contributed by atoms with Gasteiger partial charge in [0.05, 0.1) is 17.4 Å². The highest BCUT2D eigenvalue weighted by Crippen LogP contribution is 2.45. The third kappa shape index (κ3) is 3.40. The van der Waals surface area contributed by atoms with E-state index in [1.807, 2.05) is 48.5 Å². The van der Waals surface area contributed by atoms with Crippen LogP contribution in [0.25, 0.3) is 0 Å². The number of anilines is 2. The number of carbonyl (C=O) groups is 1. The molecule has 2 aliphatic rings. The van der Waals surface area contributed by atoms with Crippen molar-refractivity contribution in [2.24, 2.45) is 0 Å². The lowest BCUT2D eigenvalue weighted by Gasteiger charge is -2.30. The highest BCUT2D eigenvalue weighted by molar-refractivity contribution is 6.31. The summed E-state index contributed by atoms with van der Waals surface area (Å²) < 4.78 is 0. The fraction of sp³-hybridized carbons (Fsp3) is 0.192. The van der Waals surface area contributed by atoms with Gasteiger partial charge in [0.1, 0.15) is 0 Å². The predicted molar refractivity (Wildman–Crippen MR) is 123 cm³/mol. The lowest BCUT2D eigenvalue weighted by molar-refractivity contribution is -0.116. The quantitative estimate of drug-likeness (QED) is 0.494. The molecular weight excluding hydrogens is 392 g/mol. The van der Waals surface area contributed by atoms with Gasteiger partial charge in [0.15, 0.2) is 5.78 Å². The van der Waals surface area contributed by atoms with E-state index in [1.54, 1.807) is 0 Å². The van der Waals surface area contributed by atoms with E-state index in [2.05, 4.69) is 41.8 Å². The number of nitrogens with one attached hydrogen (secondary N) is 2. The van der Waals surface area contributed by atoms with E-state index in [4.69, 9.17) is 11.6 Å². The molecular formula is C26H23ClN2O. The summed E-state index contributed by atoms with van der Waals surface area (Å²) in [6.07, 6.45) is 1.30. The molecule has 3 aromatic rings. The Kier molecular flexibility index (Phi) is 4.84. The van der Waals surface area contributed by atoms with Crippen LogP contribution in [0.4, 0.5) is 11.4 Å². The third-order valence-electron chi connectivity index (χ3n) is 6.07. The first kappa shape index (κ1) is 19.0. The zero-order chi connectivity index (χ0) is 20.7. The van der Waals surface area contributed by atoms with Gasteiger partial charge in [-0.05, 0) is 48.6 Å². The molecule has 150 valence electrons. The van der Waals surface area contributed by atoms with Crippen LogP contribution in [0, 0.1) is 6.92 Å². The molecule has 0 radical (unpaired) electrons. The number of hydrogen-bond donors (Lipinski definition) is 2. The monoisotopic (exact) mass is 414 g/mol. The van der Waals surface area contributed by atoms with Gasteiger partial charge in [-0.2, -0.15) is 0 Å². The van der Waals surface area contributed by atoms with E-state index in [0.29, 0.717) is 11.4 Å². The second-order valence-electron chi connectivity index (χ2n) is 8.10. The average molecular weight is 415 g/mol. The molecule has 1 aliphatic carbocycles. The number of carbonyl (C=O) groups excluding carboxylic acids is 1. The van der Waals surface area contributed by atoms with E-state index in [0.717, 1.165) is 34.6 Å². The van der Waals surface area contributed by atoms with Crippen LogP contribution < -0.4 is 10.6 Å². The molecule has 30 heavy (non-hydrogen) atoms. The molecule has 2 N–H and O–H groups in total. The van der Waals surface area contributed by atoms with Gasteiger partial charge in [-0.15, -0.1) is 0 Å². The second kappa shape index (κ2) is 7.66. The summed E-state index contributed by atoms with van der Waals surface area (Å²) in [5.74, 6) is 0.334. The number of benzene rings is 3. The van der Waals surface area contributed by atoms with Crippen LogP contribution in [0.2, 0.25) is 5.02 Å². The standard InChI is InChI=1S/C26H23ClN2O/c1-16-10-12-17(13-11-16)18-14-23-25(24(30)15-18)26(19-6-2-3-7-20(19)27)29-22-9-5-4-8-21(22)28-23/h2-13,18,26,28-29H,14-15H2,1H3/t18-,26-/m1/s1. The minimum atomic E-state index is -0.281. The first-order valence-corrected chi connectivity index (χ1v) is 10.7. The van der Waals surface area contributed by atoms with Crippen LogP contribution in [-0.2, 0) is 4.79 Å². The Hall–Kier alpha value is -3.04. The van der Waals surface area contributed by atoms with E-state index >= 15 is 0 Å². The molecule has 3 aromatic carbocycles. The molecule has 2 atom stereocenters. The lowest BCUT2D eigenvalue weighted by Crippen LogP contribution is -2.27. The van der Waals surface area contributed by atoms with Crippen molar-refractivity contribution in [3.8, 4) is 0 Å². The Morgan fingerprint density at radius 3 is 2.33 bits per heavy atom. The Bertz CT molecular complexity index is 1150. The summed E-state index contributed by atoms with van der Waals surface area (Å²) in [7, 11) is 0. The molecule has 0 saturated heterocycles. The number of fused-ring (bicyclic) bond motifs is 1. The second-order valence-corrected chi connectivity index (χ2v) is 8.51. The van der Waals surface area contributed by atoms with Gasteiger partial charge < -0.3 is 10.6 Å². The average Bonchev–Trinajstić information content (AvgIpc) is 2.91. The van der Waals surface area contributed by atoms with Gasteiger partial charge in [0, 0.05) is 22.7 Å². The number of para-hydroxylation sites is 2. The molecule has 0 spiro atoms. The van der Waals surface area contributed by atoms with Crippen LogP contribution in [0.1, 0.15) is 41.5 Å². The minimum Gasteiger partial charge on any atom is -0.372 e. The molecule has 0 unspecified atom stereocenters. The van der Waals surface area contributed by atoms with Gasteiger partial charge in [-0.1, -0.05) is 71.8 Å². The minimum absolute atomic E-state index is 0.166. The SMILES string of the molecule is Cc1ccc([C@H]2CC(=O)C3=C(C2)Nc2ccccc2N[C@@H]3c2ccccc2Cl)cc1. The molecule has 0 amide bonds. The van der Waals surface area contributed by atoms with Crippen molar-refractivity contribution in [2.45, 2.75) is 31.7 Å². The summed E-state index contributed by atoms with van der Waals surface area (Å²) in [6.45, 7) is 2.08. The van der Waals surface area contributed by atoms with Crippen LogP contribution in [0.3, 0.4) is 0 Å². The zero-order valence-electron chi connectivity index (χ0n) is 16.8. The largest absolute Gasteiger partial charge is 0.372 e. The Balaban J connectivity index is 1.62. The summed E-state index contributed by atoms with van der Waals surface area (Å²) in [4.78, 5) is 13.5. The van der Waals surface area contributed by atoms with Crippen LogP contribution in [0.5, 0.6) is 0 Å². The molecule has 4 heteroatoms. The number of hydrogen-bond acceptors (Lipinski definition) is 3. The maximum absolute atomic E-state index is 13.5. The van der Waals surface area contributed by atoms with Gasteiger partial charge >= 0.3 is 0 Å². The molecule has 0 bridgehead atoms. The Morgan fingerprint density at radius 1 is 0.867 bits per heavy atom. The van der Waals surface area contributed by atoms with E-state index in [-0.39, 0.29) is 17.7 Å². The highest BCUT2D eigenvalue weighted by Gasteiger charge is 2.36. The summed E-state index contributed by atoms with van der Waals surface area (Å²) in [5.41, 5.74) is 7.09. The zero-order valence-corrected chi connectivity index (χ0v) is 17.5. The van der Waals surface area contributed by atoms with Crippen LogP contribution in [-0.4, -0.2) is 5.78 Å². The molecule has 0 aromatic heterocycles. The van der Waals surface area contributed by atoms with E-state index < -0.39 is 0 Å². The van der Waals surface area contributed by atoms with Gasteiger partial charge in [0.2, 0.25) is 0 Å². The Labute approximate surface area is 181 Å². The van der Waals surface area contributed by atoms with Crippen molar-refractivity contribution in [1.82, 2.24) is 0 Å². The van der Waals surface area contributed by atoms with E-state index in [9.17, 15) is 4.79 Å². The van der Waals surface area contributed by atoms with Gasteiger partial charge in [-0.3, -0.25) is 4.79 Å². The number of rotatable bonds is 2. The Morgan fingerprint density at radius 2 is 1.57 bits per heavy atom. The summed E-state index contributed by atoms with van der Waals surface area (Å²) in [6, 6.07) is 24.1. The first-order valence-electron chi connectivity index (χ1n) is 10.3. The van der Waals surface area contributed by atoms with Crippen molar-refractivity contribution >= 4 is 28.8 Å². The number of ketones is 1.